The lowest BCUT2D eigenvalue weighted by atomic mass is 9.75. The third kappa shape index (κ3) is 3.49. The van der Waals surface area contributed by atoms with Crippen molar-refractivity contribution in [3.63, 3.8) is 0 Å². The third-order valence-corrected chi connectivity index (χ3v) is 4.76. The highest BCUT2D eigenvalue weighted by atomic mass is 32.1. The van der Waals surface area contributed by atoms with Crippen LogP contribution in [0.3, 0.4) is 0 Å². The summed E-state index contributed by atoms with van der Waals surface area (Å²) in [5.41, 5.74) is 2.86. The van der Waals surface area contributed by atoms with Crippen LogP contribution in [0.4, 0.5) is 0 Å². The number of aliphatic hydroxyl groups excluding tert-OH is 1. The van der Waals surface area contributed by atoms with Crippen molar-refractivity contribution in [2.45, 2.75) is 31.4 Å². The molecule has 1 aromatic heterocycles. The van der Waals surface area contributed by atoms with E-state index in [0.29, 0.717) is 10.8 Å². The van der Waals surface area contributed by atoms with Crippen LogP contribution in [0, 0.1) is 5.92 Å². The molecule has 0 radical (unpaired) electrons. The lowest BCUT2D eigenvalue weighted by molar-refractivity contribution is 0.0240. The van der Waals surface area contributed by atoms with Crippen molar-refractivity contribution in [1.29, 1.82) is 0 Å². The van der Waals surface area contributed by atoms with E-state index < -0.39 is 0 Å². The minimum atomic E-state index is -0.214. The van der Waals surface area contributed by atoms with Crippen LogP contribution in [0.5, 0.6) is 0 Å². The summed E-state index contributed by atoms with van der Waals surface area (Å²) >= 11 is 1.34. The Labute approximate surface area is 127 Å². The molecule has 4 nitrogen and oxygen atoms in total. The molecule has 0 saturated heterocycles. The standard InChI is InChI=1S/C16H18N2O2S/c19-13-7-12(8-13)14(6-11-4-2-1-3-5-11)18-16(20)15-9-17-10-21-15/h1-5,9-10,12-14,19H,6-8H2,(H,18,20)/t12?,13?,14-/m1/s1. The molecule has 5 heteroatoms. The second-order valence-electron chi connectivity index (χ2n) is 5.52. The highest BCUT2D eigenvalue weighted by Gasteiger charge is 2.35. The maximum absolute atomic E-state index is 12.2. The summed E-state index contributed by atoms with van der Waals surface area (Å²) in [6, 6.07) is 10.2. The summed E-state index contributed by atoms with van der Waals surface area (Å²) in [6.07, 6.45) is 3.70. The molecule has 1 aliphatic carbocycles. The average Bonchev–Trinajstić information content (AvgIpc) is 2.98. The molecule has 21 heavy (non-hydrogen) atoms. The fourth-order valence-electron chi connectivity index (χ4n) is 2.73. The van der Waals surface area contributed by atoms with Crippen LogP contribution in [0.25, 0.3) is 0 Å². The van der Waals surface area contributed by atoms with E-state index in [2.05, 4.69) is 22.4 Å². The minimum Gasteiger partial charge on any atom is -0.393 e. The molecule has 2 aromatic rings. The van der Waals surface area contributed by atoms with E-state index in [9.17, 15) is 9.90 Å². The zero-order valence-corrected chi connectivity index (χ0v) is 12.4. The molecular formula is C16H18N2O2S. The summed E-state index contributed by atoms with van der Waals surface area (Å²) in [5, 5.41) is 12.6. The van der Waals surface area contributed by atoms with Crippen LogP contribution in [0.1, 0.15) is 28.1 Å². The monoisotopic (exact) mass is 302 g/mol. The maximum Gasteiger partial charge on any atom is 0.263 e. The molecule has 0 unspecified atom stereocenters. The zero-order valence-electron chi connectivity index (χ0n) is 11.6. The van der Waals surface area contributed by atoms with Crippen molar-refractivity contribution in [1.82, 2.24) is 10.3 Å². The number of thiazole rings is 1. The first kappa shape index (κ1) is 14.2. The number of nitrogens with one attached hydrogen (secondary N) is 1. The van der Waals surface area contributed by atoms with Gasteiger partial charge < -0.3 is 10.4 Å². The average molecular weight is 302 g/mol. The first-order valence-electron chi connectivity index (χ1n) is 7.13. The fraction of sp³-hybridized carbons (Fsp3) is 0.375. The van der Waals surface area contributed by atoms with Gasteiger partial charge in [-0.15, -0.1) is 11.3 Å². The number of hydrogen-bond acceptors (Lipinski definition) is 4. The summed E-state index contributed by atoms with van der Waals surface area (Å²) in [4.78, 5) is 16.8. The van der Waals surface area contributed by atoms with E-state index in [1.54, 1.807) is 11.7 Å². The molecule has 1 saturated carbocycles. The number of benzene rings is 1. The van der Waals surface area contributed by atoms with Crippen LogP contribution in [0.2, 0.25) is 0 Å². The second kappa shape index (κ2) is 6.37. The van der Waals surface area contributed by atoms with Crippen LogP contribution >= 0.6 is 11.3 Å². The van der Waals surface area contributed by atoms with E-state index >= 15 is 0 Å². The Morgan fingerprint density at radius 3 is 2.76 bits per heavy atom. The topological polar surface area (TPSA) is 62.2 Å². The molecule has 1 atom stereocenters. The molecule has 1 aliphatic rings. The molecule has 110 valence electrons. The van der Waals surface area contributed by atoms with E-state index in [1.807, 2.05) is 18.2 Å². The van der Waals surface area contributed by atoms with Gasteiger partial charge in [0.25, 0.3) is 5.91 Å². The maximum atomic E-state index is 12.2. The summed E-state index contributed by atoms with van der Waals surface area (Å²) < 4.78 is 0. The third-order valence-electron chi connectivity index (χ3n) is 3.99. The number of aromatic nitrogens is 1. The molecule has 0 bridgehead atoms. The van der Waals surface area contributed by atoms with Crippen molar-refractivity contribution < 1.29 is 9.90 Å². The zero-order chi connectivity index (χ0) is 14.7. The van der Waals surface area contributed by atoms with Gasteiger partial charge >= 0.3 is 0 Å². The Kier molecular flexibility index (Phi) is 4.31. The molecule has 0 aliphatic heterocycles. The van der Waals surface area contributed by atoms with E-state index in [4.69, 9.17) is 0 Å². The van der Waals surface area contributed by atoms with E-state index in [1.165, 1.54) is 16.9 Å². The predicted molar refractivity (Wildman–Crippen MR) is 82.2 cm³/mol. The SMILES string of the molecule is O=C(N[C@H](Cc1ccccc1)C1CC(O)C1)c1cncs1. The van der Waals surface area contributed by atoms with Crippen LogP contribution in [-0.4, -0.2) is 28.1 Å². The molecule has 1 amide bonds. The van der Waals surface area contributed by atoms with Crippen LogP contribution in [0.15, 0.2) is 42.0 Å². The van der Waals surface area contributed by atoms with Gasteiger partial charge in [-0.2, -0.15) is 0 Å². The van der Waals surface area contributed by atoms with Gasteiger partial charge in [0.15, 0.2) is 0 Å². The Balaban J connectivity index is 1.69. The molecule has 1 aromatic carbocycles. The normalized spacial score (nSPS) is 22.3. The van der Waals surface area contributed by atoms with Gasteiger partial charge in [-0.3, -0.25) is 9.78 Å². The number of amides is 1. The largest absolute Gasteiger partial charge is 0.393 e. The highest BCUT2D eigenvalue weighted by Crippen LogP contribution is 2.32. The van der Waals surface area contributed by atoms with Crippen molar-refractivity contribution in [2.75, 3.05) is 0 Å². The first-order chi connectivity index (χ1) is 10.2. The molecular weight excluding hydrogens is 284 g/mol. The van der Waals surface area contributed by atoms with Gasteiger partial charge in [0.1, 0.15) is 4.88 Å². The summed E-state index contributed by atoms with van der Waals surface area (Å²) in [7, 11) is 0. The van der Waals surface area contributed by atoms with E-state index in [0.717, 1.165) is 19.3 Å². The number of carbonyl (C=O) groups is 1. The van der Waals surface area contributed by atoms with Gasteiger partial charge in [-0.05, 0) is 30.7 Å². The molecule has 2 N–H and O–H groups in total. The summed E-state index contributed by atoms with van der Waals surface area (Å²) in [5.74, 6) is 0.275. The quantitative estimate of drug-likeness (QED) is 0.890. The van der Waals surface area contributed by atoms with Crippen molar-refractivity contribution >= 4 is 17.2 Å². The predicted octanol–water partition coefficient (Wildman–Crippen LogP) is 2.26. The first-order valence-corrected chi connectivity index (χ1v) is 8.01. The number of rotatable bonds is 5. The molecule has 1 fully saturated rings. The number of hydrogen-bond donors (Lipinski definition) is 2. The van der Waals surface area contributed by atoms with Gasteiger partial charge in [0.2, 0.25) is 0 Å². The summed E-state index contributed by atoms with van der Waals surface area (Å²) in [6.45, 7) is 0. The van der Waals surface area contributed by atoms with Crippen molar-refractivity contribution in [3.8, 4) is 0 Å². The van der Waals surface area contributed by atoms with Crippen LogP contribution < -0.4 is 5.32 Å². The fourth-order valence-corrected chi connectivity index (χ4v) is 3.25. The number of aliphatic hydroxyl groups is 1. The lowest BCUT2D eigenvalue weighted by Gasteiger charge is -2.38. The highest BCUT2D eigenvalue weighted by molar-refractivity contribution is 7.11. The van der Waals surface area contributed by atoms with Gasteiger partial charge in [-0.25, -0.2) is 0 Å². The Hall–Kier alpha value is -1.72. The van der Waals surface area contributed by atoms with Crippen molar-refractivity contribution in [3.05, 3.63) is 52.5 Å². The molecule has 0 spiro atoms. The van der Waals surface area contributed by atoms with Crippen LogP contribution in [-0.2, 0) is 6.42 Å². The van der Waals surface area contributed by atoms with Gasteiger partial charge in [0, 0.05) is 6.04 Å². The Morgan fingerprint density at radius 2 is 2.14 bits per heavy atom. The number of carbonyl (C=O) groups excluding carboxylic acids is 1. The van der Waals surface area contributed by atoms with Crippen molar-refractivity contribution in [2.24, 2.45) is 5.92 Å². The van der Waals surface area contributed by atoms with Gasteiger partial charge in [0.05, 0.1) is 17.8 Å². The minimum absolute atomic E-state index is 0.0606. The lowest BCUT2D eigenvalue weighted by Crippen LogP contribution is -2.48. The van der Waals surface area contributed by atoms with Gasteiger partial charge in [-0.1, -0.05) is 30.3 Å². The molecule has 3 rings (SSSR count). The smallest absolute Gasteiger partial charge is 0.263 e. The Morgan fingerprint density at radius 1 is 1.38 bits per heavy atom. The second-order valence-corrected chi connectivity index (χ2v) is 6.41. The Bertz CT molecular complexity index is 580. The number of nitrogens with zero attached hydrogens (tertiary/aromatic N) is 1. The molecule has 1 heterocycles. The van der Waals surface area contributed by atoms with E-state index in [-0.39, 0.29) is 18.1 Å².